The molecule has 178 valence electrons. The lowest BCUT2D eigenvalue weighted by Crippen LogP contribution is -2.29. The van der Waals surface area contributed by atoms with Crippen molar-refractivity contribution in [1.29, 1.82) is 0 Å². The average Bonchev–Trinajstić information content (AvgIpc) is 3.26. The zero-order valence-electron chi connectivity index (χ0n) is 20.1. The summed E-state index contributed by atoms with van der Waals surface area (Å²) in [6, 6.07) is 17.5. The molecular weight excluding hydrogens is 436 g/mol. The minimum absolute atomic E-state index is 0.236. The number of aliphatic hydroxyl groups is 1. The van der Waals surface area contributed by atoms with Gasteiger partial charge in [-0.05, 0) is 48.3 Å². The number of aromatic amines is 1. The Hall–Kier alpha value is -3.22. The third-order valence-electron chi connectivity index (χ3n) is 8.49. The molecular formula is C29H30N4O2. The Morgan fingerprint density at radius 3 is 2.86 bits per heavy atom. The van der Waals surface area contributed by atoms with E-state index in [4.69, 9.17) is 9.72 Å². The van der Waals surface area contributed by atoms with Crippen molar-refractivity contribution in [3.63, 3.8) is 0 Å². The Kier molecular flexibility index (Phi) is 4.76. The molecule has 35 heavy (non-hydrogen) atoms. The molecule has 2 N–H and O–H groups in total. The first-order valence-electron chi connectivity index (χ1n) is 12.7. The fourth-order valence-corrected chi connectivity index (χ4v) is 6.63. The maximum atomic E-state index is 9.32. The molecule has 2 aromatic heterocycles. The monoisotopic (exact) mass is 466 g/mol. The molecule has 0 amide bonds. The number of pyridine rings is 1. The number of benzene rings is 2. The van der Waals surface area contributed by atoms with E-state index in [2.05, 4.69) is 57.6 Å². The second-order valence-electron chi connectivity index (χ2n) is 10.4. The number of piperidine rings is 1. The molecule has 0 spiro atoms. The SMILES string of the molecule is COc1cc2[nH]nc(-c3ccc(C45CC4CN(CCO)C5)cc3)c2nc1-c1cccc2c1CCC2. The van der Waals surface area contributed by atoms with Gasteiger partial charge in [-0.2, -0.15) is 5.10 Å². The third kappa shape index (κ3) is 3.23. The predicted molar refractivity (Wildman–Crippen MR) is 137 cm³/mol. The molecule has 2 fully saturated rings. The summed E-state index contributed by atoms with van der Waals surface area (Å²) in [4.78, 5) is 7.52. The molecule has 6 nitrogen and oxygen atoms in total. The molecule has 3 aliphatic rings. The van der Waals surface area contributed by atoms with Gasteiger partial charge in [0.1, 0.15) is 22.7 Å². The number of nitrogens with one attached hydrogen (secondary N) is 1. The minimum atomic E-state index is 0.236. The van der Waals surface area contributed by atoms with Crippen molar-refractivity contribution in [3.05, 3.63) is 65.2 Å². The summed E-state index contributed by atoms with van der Waals surface area (Å²) in [7, 11) is 1.71. The number of H-pyrrole nitrogens is 1. The van der Waals surface area contributed by atoms with Gasteiger partial charge >= 0.3 is 0 Å². The molecule has 6 heteroatoms. The summed E-state index contributed by atoms with van der Waals surface area (Å²) < 4.78 is 5.77. The van der Waals surface area contributed by atoms with Gasteiger partial charge in [0.05, 0.1) is 19.2 Å². The van der Waals surface area contributed by atoms with Crippen LogP contribution in [0.3, 0.4) is 0 Å². The summed E-state index contributed by atoms with van der Waals surface area (Å²) in [6.45, 7) is 3.16. The number of aryl methyl sites for hydroxylation is 1. The highest BCUT2D eigenvalue weighted by molar-refractivity contribution is 5.93. The Labute approximate surface area is 205 Å². The van der Waals surface area contributed by atoms with Crippen molar-refractivity contribution < 1.29 is 9.84 Å². The van der Waals surface area contributed by atoms with Crippen molar-refractivity contribution in [2.24, 2.45) is 5.92 Å². The van der Waals surface area contributed by atoms with Gasteiger partial charge in [0.2, 0.25) is 0 Å². The largest absolute Gasteiger partial charge is 0.494 e. The number of nitrogens with zero attached hydrogens (tertiary/aromatic N) is 3. The Morgan fingerprint density at radius 2 is 2.03 bits per heavy atom. The second-order valence-corrected chi connectivity index (χ2v) is 10.4. The van der Waals surface area contributed by atoms with Gasteiger partial charge in [-0.3, -0.25) is 10.00 Å². The number of hydrogen-bond donors (Lipinski definition) is 2. The quantitative estimate of drug-likeness (QED) is 0.442. The van der Waals surface area contributed by atoms with Crippen LogP contribution in [-0.4, -0.2) is 58.5 Å². The molecule has 1 saturated carbocycles. The number of likely N-dealkylation sites (tertiary alicyclic amines) is 1. The summed E-state index contributed by atoms with van der Waals surface area (Å²) >= 11 is 0. The summed E-state index contributed by atoms with van der Waals surface area (Å²) in [5.41, 5.74) is 10.3. The number of methoxy groups -OCH3 is 1. The fourth-order valence-electron chi connectivity index (χ4n) is 6.63. The molecule has 1 aliphatic heterocycles. The Balaban J connectivity index is 1.26. The maximum absolute atomic E-state index is 9.32. The fraction of sp³-hybridized carbons (Fsp3) is 0.379. The van der Waals surface area contributed by atoms with Gasteiger partial charge in [-0.25, -0.2) is 4.98 Å². The summed E-state index contributed by atoms with van der Waals surface area (Å²) in [5, 5.41) is 17.2. The van der Waals surface area contributed by atoms with Crippen molar-refractivity contribution in [1.82, 2.24) is 20.1 Å². The molecule has 2 atom stereocenters. The lowest BCUT2D eigenvalue weighted by Gasteiger charge is -2.20. The molecule has 7 rings (SSSR count). The first-order chi connectivity index (χ1) is 17.2. The topological polar surface area (TPSA) is 74.3 Å². The van der Waals surface area contributed by atoms with E-state index in [9.17, 15) is 5.11 Å². The number of hydrogen-bond acceptors (Lipinski definition) is 5. The van der Waals surface area contributed by atoms with Crippen LogP contribution in [0.4, 0.5) is 0 Å². The molecule has 0 bridgehead atoms. The highest BCUT2D eigenvalue weighted by Gasteiger charge is 2.60. The standard InChI is InChI=1S/C29H30N4O2/c1-35-25-14-24-28(30-27(25)23-7-3-5-18-4-2-6-22(18)23)26(32-31-24)19-8-10-20(11-9-19)29-15-21(29)16-33(17-29)12-13-34/h3,5,7-11,14,21,34H,2,4,6,12-13,15-17H2,1H3,(H,31,32). The lowest BCUT2D eigenvalue weighted by molar-refractivity contribution is 0.207. The molecule has 1 saturated heterocycles. The van der Waals surface area contributed by atoms with E-state index >= 15 is 0 Å². The molecule has 3 heterocycles. The van der Waals surface area contributed by atoms with Crippen LogP contribution in [0.1, 0.15) is 29.5 Å². The molecule has 2 aliphatic carbocycles. The van der Waals surface area contributed by atoms with Crippen LogP contribution >= 0.6 is 0 Å². The Morgan fingerprint density at radius 1 is 1.14 bits per heavy atom. The first-order valence-corrected chi connectivity index (χ1v) is 12.7. The Bertz CT molecular complexity index is 1430. The van der Waals surface area contributed by atoms with E-state index in [1.54, 1.807) is 7.11 Å². The van der Waals surface area contributed by atoms with Gasteiger partial charge in [0.25, 0.3) is 0 Å². The van der Waals surface area contributed by atoms with Crippen LogP contribution in [0.15, 0.2) is 48.5 Å². The van der Waals surface area contributed by atoms with Crippen molar-refractivity contribution in [2.45, 2.75) is 31.1 Å². The maximum Gasteiger partial charge on any atom is 0.147 e. The van der Waals surface area contributed by atoms with Gasteiger partial charge in [0, 0.05) is 42.2 Å². The van der Waals surface area contributed by atoms with Gasteiger partial charge in [-0.15, -0.1) is 0 Å². The van der Waals surface area contributed by atoms with Gasteiger partial charge < -0.3 is 9.84 Å². The normalized spacial score (nSPS) is 23.0. The van der Waals surface area contributed by atoms with Crippen LogP contribution < -0.4 is 4.74 Å². The predicted octanol–water partition coefficient (Wildman–Crippen LogP) is 4.35. The molecule has 4 aromatic rings. The van der Waals surface area contributed by atoms with E-state index < -0.39 is 0 Å². The highest BCUT2D eigenvalue weighted by Crippen LogP contribution is 2.59. The van der Waals surface area contributed by atoms with Crippen LogP contribution in [0, 0.1) is 5.92 Å². The number of aromatic nitrogens is 3. The number of ether oxygens (including phenoxy) is 1. The van der Waals surface area contributed by atoms with E-state index in [1.807, 2.05) is 6.07 Å². The third-order valence-corrected chi connectivity index (χ3v) is 8.49. The van der Waals surface area contributed by atoms with Crippen molar-refractivity contribution in [3.8, 4) is 28.3 Å². The van der Waals surface area contributed by atoms with Crippen molar-refractivity contribution in [2.75, 3.05) is 33.4 Å². The molecule has 0 radical (unpaired) electrons. The van der Waals surface area contributed by atoms with Gasteiger partial charge in [0.15, 0.2) is 0 Å². The minimum Gasteiger partial charge on any atom is -0.494 e. The van der Waals surface area contributed by atoms with Crippen LogP contribution in [0.25, 0.3) is 33.5 Å². The number of fused-ring (bicyclic) bond motifs is 3. The van der Waals surface area contributed by atoms with E-state index in [1.165, 1.54) is 35.1 Å². The van der Waals surface area contributed by atoms with Crippen LogP contribution in [-0.2, 0) is 18.3 Å². The van der Waals surface area contributed by atoms with Crippen LogP contribution in [0.2, 0.25) is 0 Å². The number of β-amino-alcohol motifs (C(OH)–C–C–N with tert-alkyl or cyclic N) is 1. The molecule has 2 aromatic carbocycles. The second kappa shape index (κ2) is 7.90. The highest BCUT2D eigenvalue weighted by atomic mass is 16.5. The summed E-state index contributed by atoms with van der Waals surface area (Å²) in [6.07, 6.45) is 4.68. The average molecular weight is 467 g/mol. The lowest BCUT2D eigenvalue weighted by atomic mass is 9.93. The smallest absolute Gasteiger partial charge is 0.147 e. The van der Waals surface area contributed by atoms with E-state index in [-0.39, 0.29) is 12.0 Å². The first kappa shape index (κ1) is 21.1. The van der Waals surface area contributed by atoms with E-state index in [0.29, 0.717) is 0 Å². The zero-order valence-corrected chi connectivity index (χ0v) is 20.1. The molecule has 2 unspecified atom stereocenters. The van der Waals surface area contributed by atoms with Crippen LogP contribution in [0.5, 0.6) is 5.75 Å². The van der Waals surface area contributed by atoms with Gasteiger partial charge in [-0.1, -0.05) is 42.5 Å². The summed E-state index contributed by atoms with van der Waals surface area (Å²) in [5.74, 6) is 1.49. The van der Waals surface area contributed by atoms with Crippen molar-refractivity contribution >= 4 is 11.0 Å². The zero-order chi connectivity index (χ0) is 23.6. The number of aliphatic hydroxyl groups excluding tert-OH is 1. The number of rotatable bonds is 6. The van der Waals surface area contributed by atoms with E-state index in [0.717, 1.165) is 72.1 Å².